The normalized spacial score (nSPS) is 10.9. The third-order valence-corrected chi connectivity index (χ3v) is 5.36. The van der Waals surface area contributed by atoms with Gasteiger partial charge in [0.15, 0.2) is 0 Å². The Morgan fingerprint density at radius 3 is 2.84 bits per heavy atom. The van der Waals surface area contributed by atoms with Crippen LogP contribution in [-0.2, 0) is 4.79 Å². The Labute approximate surface area is 150 Å². The van der Waals surface area contributed by atoms with Crippen LogP contribution in [0.5, 0.6) is 5.75 Å². The third-order valence-electron chi connectivity index (χ3n) is 3.48. The van der Waals surface area contributed by atoms with Gasteiger partial charge in [0.2, 0.25) is 0 Å². The highest BCUT2D eigenvalue weighted by Gasteiger charge is 2.13. The molecule has 4 aromatic rings. The molecule has 4 rings (SSSR count). The number of thiophene rings is 1. The smallest absolute Gasteiger partial charge is 0.345 e. The topological polar surface area (TPSA) is 69.4 Å². The predicted octanol–water partition coefficient (Wildman–Crippen LogP) is 4.57. The summed E-state index contributed by atoms with van der Waals surface area (Å²) in [4.78, 5) is 29.0. The van der Waals surface area contributed by atoms with E-state index in [1.165, 1.54) is 24.3 Å². The fourth-order valence-corrected chi connectivity index (χ4v) is 4.04. The van der Waals surface area contributed by atoms with Crippen molar-refractivity contribution in [3.8, 4) is 26.9 Å². The number of ether oxygens (including phenoxy) is 1. The van der Waals surface area contributed by atoms with Gasteiger partial charge in [-0.3, -0.25) is 4.79 Å². The summed E-state index contributed by atoms with van der Waals surface area (Å²) in [6.07, 6.45) is 0. The molecule has 0 unspecified atom stereocenters. The molecule has 0 aliphatic carbocycles. The van der Waals surface area contributed by atoms with Crippen LogP contribution in [0.2, 0.25) is 0 Å². The summed E-state index contributed by atoms with van der Waals surface area (Å²) in [5, 5.41) is 5.44. The van der Waals surface area contributed by atoms with Gasteiger partial charge in [-0.2, -0.15) is 0 Å². The highest BCUT2D eigenvalue weighted by Crippen LogP contribution is 2.31. The predicted molar refractivity (Wildman–Crippen MR) is 98.2 cm³/mol. The maximum Gasteiger partial charge on any atom is 0.345 e. The van der Waals surface area contributed by atoms with E-state index < -0.39 is 11.6 Å². The van der Waals surface area contributed by atoms with Crippen molar-refractivity contribution in [1.29, 1.82) is 0 Å². The molecule has 1 aromatic carbocycles. The molecule has 0 N–H and O–H groups in total. The SMILES string of the molecule is CC(=O)Oc1ccc2cc(-c3csc(-c4cccs4)n3)c(=O)oc2c1. The summed E-state index contributed by atoms with van der Waals surface area (Å²) in [5.74, 6) is -0.0913. The van der Waals surface area contributed by atoms with E-state index in [4.69, 9.17) is 9.15 Å². The van der Waals surface area contributed by atoms with Crippen molar-refractivity contribution in [2.75, 3.05) is 0 Å². The Balaban J connectivity index is 1.76. The molecule has 0 fully saturated rings. The number of benzene rings is 1. The van der Waals surface area contributed by atoms with Gasteiger partial charge in [0.05, 0.1) is 16.1 Å². The second-order valence-electron chi connectivity index (χ2n) is 5.26. The summed E-state index contributed by atoms with van der Waals surface area (Å²) in [6, 6.07) is 10.6. The van der Waals surface area contributed by atoms with Crippen molar-refractivity contribution in [1.82, 2.24) is 4.98 Å². The lowest BCUT2D eigenvalue weighted by Gasteiger charge is -2.03. The second-order valence-corrected chi connectivity index (χ2v) is 7.06. The van der Waals surface area contributed by atoms with Crippen LogP contribution in [0.15, 0.2) is 56.4 Å². The van der Waals surface area contributed by atoms with Gasteiger partial charge in [0.25, 0.3) is 0 Å². The molecule has 3 heterocycles. The number of hydrogen-bond acceptors (Lipinski definition) is 7. The van der Waals surface area contributed by atoms with E-state index in [9.17, 15) is 9.59 Å². The molecule has 0 radical (unpaired) electrons. The lowest BCUT2D eigenvalue weighted by molar-refractivity contribution is -0.131. The van der Waals surface area contributed by atoms with Crippen LogP contribution in [0, 0.1) is 0 Å². The summed E-state index contributed by atoms with van der Waals surface area (Å²) in [7, 11) is 0. The zero-order valence-corrected chi connectivity index (χ0v) is 14.6. The van der Waals surface area contributed by atoms with Crippen LogP contribution < -0.4 is 10.4 Å². The summed E-state index contributed by atoms with van der Waals surface area (Å²) < 4.78 is 10.4. The fraction of sp³-hybridized carbons (Fsp3) is 0.0556. The number of aromatic nitrogens is 1. The van der Waals surface area contributed by atoms with Crippen molar-refractivity contribution in [3.05, 3.63) is 57.6 Å². The van der Waals surface area contributed by atoms with Gasteiger partial charge in [-0.1, -0.05) is 6.07 Å². The van der Waals surface area contributed by atoms with Crippen LogP contribution in [0.4, 0.5) is 0 Å². The first-order valence-corrected chi connectivity index (χ1v) is 9.12. The second kappa shape index (κ2) is 6.27. The minimum absolute atomic E-state index is 0.338. The Morgan fingerprint density at radius 2 is 2.08 bits per heavy atom. The van der Waals surface area contributed by atoms with E-state index >= 15 is 0 Å². The molecule has 124 valence electrons. The van der Waals surface area contributed by atoms with Gasteiger partial charge in [-0.15, -0.1) is 22.7 Å². The van der Waals surface area contributed by atoms with E-state index in [1.807, 2.05) is 22.9 Å². The summed E-state index contributed by atoms with van der Waals surface area (Å²) >= 11 is 3.09. The van der Waals surface area contributed by atoms with Crippen molar-refractivity contribution < 1.29 is 13.9 Å². The summed E-state index contributed by atoms with van der Waals surface area (Å²) in [5.41, 5.74) is 0.886. The van der Waals surface area contributed by atoms with Gasteiger partial charge in [-0.25, -0.2) is 9.78 Å². The molecule has 0 saturated carbocycles. The third kappa shape index (κ3) is 3.11. The van der Waals surface area contributed by atoms with Gasteiger partial charge in [-0.05, 0) is 29.6 Å². The fourth-order valence-electron chi connectivity index (χ4n) is 2.41. The van der Waals surface area contributed by atoms with E-state index in [0.29, 0.717) is 22.6 Å². The average molecular weight is 369 g/mol. The first-order chi connectivity index (χ1) is 12.1. The maximum atomic E-state index is 12.4. The molecule has 25 heavy (non-hydrogen) atoms. The van der Waals surface area contributed by atoms with Crippen LogP contribution in [0.3, 0.4) is 0 Å². The van der Waals surface area contributed by atoms with Gasteiger partial charge < -0.3 is 9.15 Å². The number of carbonyl (C=O) groups excluding carboxylic acids is 1. The van der Waals surface area contributed by atoms with Crippen LogP contribution >= 0.6 is 22.7 Å². The molecular formula is C18H11NO4S2. The first-order valence-electron chi connectivity index (χ1n) is 7.36. The van der Waals surface area contributed by atoms with E-state index in [2.05, 4.69) is 4.98 Å². The molecule has 0 spiro atoms. The Kier molecular flexibility index (Phi) is 3.95. The van der Waals surface area contributed by atoms with Gasteiger partial charge >= 0.3 is 11.6 Å². The zero-order chi connectivity index (χ0) is 17.4. The van der Waals surface area contributed by atoms with Crippen molar-refractivity contribution in [3.63, 3.8) is 0 Å². The molecule has 3 aromatic heterocycles. The van der Waals surface area contributed by atoms with E-state index in [-0.39, 0.29) is 0 Å². The minimum Gasteiger partial charge on any atom is -0.427 e. The lowest BCUT2D eigenvalue weighted by atomic mass is 10.1. The van der Waals surface area contributed by atoms with Crippen molar-refractivity contribution in [2.45, 2.75) is 6.92 Å². The molecule has 0 aliphatic heterocycles. The molecule has 0 saturated heterocycles. The Hall–Kier alpha value is -2.77. The molecule has 0 amide bonds. The Bertz CT molecular complexity index is 1130. The molecule has 0 aliphatic rings. The lowest BCUT2D eigenvalue weighted by Crippen LogP contribution is -2.04. The van der Waals surface area contributed by atoms with Gasteiger partial charge in [0, 0.05) is 23.8 Å². The quantitative estimate of drug-likeness (QED) is 0.301. The standard InChI is InChI=1S/C18H11NO4S2/c1-10(20)22-12-5-4-11-7-13(18(21)23-15(11)8-12)14-9-25-17(19-14)16-3-2-6-24-16/h2-9H,1H3. The zero-order valence-electron chi connectivity index (χ0n) is 13.0. The monoisotopic (exact) mass is 369 g/mol. The Morgan fingerprint density at radius 1 is 1.20 bits per heavy atom. The summed E-state index contributed by atoms with van der Waals surface area (Å²) in [6.45, 7) is 1.32. The number of rotatable bonds is 3. The van der Waals surface area contributed by atoms with Crippen LogP contribution in [0.25, 0.3) is 32.1 Å². The first kappa shape index (κ1) is 15.7. The van der Waals surface area contributed by atoms with Crippen LogP contribution in [-0.4, -0.2) is 11.0 Å². The van der Waals surface area contributed by atoms with Crippen molar-refractivity contribution >= 4 is 39.6 Å². The average Bonchev–Trinajstić information content (AvgIpc) is 3.25. The van der Waals surface area contributed by atoms with E-state index in [0.717, 1.165) is 15.3 Å². The number of hydrogen-bond donors (Lipinski definition) is 0. The highest BCUT2D eigenvalue weighted by atomic mass is 32.1. The molecule has 0 bridgehead atoms. The molecular weight excluding hydrogens is 358 g/mol. The molecule has 7 heteroatoms. The largest absolute Gasteiger partial charge is 0.427 e. The number of carbonyl (C=O) groups is 1. The van der Waals surface area contributed by atoms with Gasteiger partial charge in [0.1, 0.15) is 16.3 Å². The number of fused-ring (bicyclic) bond motifs is 1. The number of thiazole rings is 1. The van der Waals surface area contributed by atoms with E-state index in [1.54, 1.807) is 29.5 Å². The molecule has 5 nitrogen and oxygen atoms in total. The molecule has 0 atom stereocenters. The number of esters is 1. The van der Waals surface area contributed by atoms with Crippen LogP contribution in [0.1, 0.15) is 6.92 Å². The van der Waals surface area contributed by atoms with Crippen molar-refractivity contribution in [2.24, 2.45) is 0 Å². The highest BCUT2D eigenvalue weighted by molar-refractivity contribution is 7.20. The maximum absolute atomic E-state index is 12.4. The number of nitrogens with zero attached hydrogens (tertiary/aromatic N) is 1. The minimum atomic E-state index is -0.476.